The Kier molecular flexibility index (Phi) is 5.67. The molecular formula is C16H27NO2. The van der Waals surface area contributed by atoms with Gasteiger partial charge < -0.3 is 14.8 Å². The maximum Gasteiger partial charge on any atom is 0.127 e. The Morgan fingerprint density at radius 2 is 1.63 bits per heavy atom. The van der Waals surface area contributed by atoms with Crippen molar-refractivity contribution in [2.45, 2.75) is 40.2 Å². The van der Waals surface area contributed by atoms with Gasteiger partial charge in [-0.25, -0.2) is 0 Å². The lowest BCUT2D eigenvalue weighted by atomic mass is 9.81. The summed E-state index contributed by atoms with van der Waals surface area (Å²) in [6.45, 7) is 9.83. The summed E-state index contributed by atoms with van der Waals surface area (Å²) < 4.78 is 11.0. The molecule has 0 aliphatic carbocycles. The first-order chi connectivity index (χ1) is 8.95. The second-order valence-corrected chi connectivity index (χ2v) is 5.83. The summed E-state index contributed by atoms with van der Waals surface area (Å²) in [5.41, 5.74) is 1.19. The van der Waals surface area contributed by atoms with Gasteiger partial charge in [0.25, 0.3) is 0 Å². The van der Waals surface area contributed by atoms with Crippen LogP contribution in [0.5, 0.6) is 11.5 Å². The van der Waals surface area contributed by atoms with Crippen LogP contribution in [0.2, 0.25) is 0 Å². The highest BCUT2D eigenvalue weighted by molar-refractivity contribution is 5.47. The predicted octanol–water partition coefficient (Wildman–Crippen LogP) is 3.79. The highest BCUT2D eigenvalue weighted by Crippen LogP contribution is 2.42. The van der Waals surface area contributed by atoms with Gasteiger partial charge in [-0.1, -0.05) is 33.8 Å². The second kappa shape index (κ2) is 6.80. The van der Waals surface area contributed by atoms with Gasteiger partial charge in [-0.2, -0.15) is 0 Å². The Hall–Kier alpha value is -1.22. The fourth-order valence-corrected chi connectivity index (χ4v) is 2.29. The van der Waals surface area contributed by atoms with Gasteiger partial charge in [0, 0.05) is 6.04 Å². The Balaban J connectivity index is 3.27. The first-order valence-corrected chi connectivity index (χ1v) is 6.90. The molecule has 0 amide bonds. The Labute approximate surface area is 117 Å². The van der Waals surface area contributed by atoms with Crippen molar-refractivity contribution in [1.82, 2.24) is 5.32 Å². The largest absolute Gasteiger partial charge is 0.496 e. The summed E-state index contributed by atoms with van der Waals surface area (Å²) in [5, 5.41) is 3.62. The zero-order valence-corrected chi connectivity index (χ0v) is 13.0. The molecule has 19 heavy (non-hydrogen) atoms. The number of rotatable bonds is 6. The number of benzene rings is 1. The normalized spacial score (nSPS) is 13.2. The summed E-state index contributed by atoms with van der Waals surface area (Å²) in [5.74, 6) is 1.76. The molecule has 0 bridgehead atoms. The molecule has 3 nitrogen and oxygen atoms in total. The quantitative estimate of drug-likeness (QED) is 0.849. The van der Waals surface area contributed by atoms with Gasteiger partial charge in [0.1, 0.15) is 11.5 Å². The third-order valence-corrected chi connectivity index (χ3v) is 3.22. The molecule has 0 radical (unpaired) electrons. The van der Waals surface area contributed by atoms with Crippen LogP contribution in [-0.2, 0) is 0 Å². The van der Waals surface area contributed by atoms with Crippen LogP contribution in [0.3, 0.4) is 0 Å². The molecule has 0 saturated heterocycles. The molecule has 1 rings (SSSR count). The minimum absolute atomic E-state index is 0.0804. The molecule has 0 aliphatic rings. The van der Waals surface area contributed by atoms with Crippen molar-refractivity contribution in [3.8, 4) is 11.5 Å². The van der Waals surface area contributed by atoms with Crippen molar-refractivity contribution in [3.05, 3.63) is 23.8 Å². The molecule has 0 fully saturated rings. The topological polar surface area (TPSA) is 30.5 Å². The zero-order chi connectivity index (χ0) is 14.5. The van der Waals surface area contributed by atoms with Gasteiger partial charge in [-0.05, 0) is 30.5 Å². The lowest BCUT2D eigenvalue weighted by Crippen LogP contribution is -2.33. The molecule has 1 unspecified atom stereocenters. The lowest BCUT2D eigenvalue weighted by Gasteiger charge is -2.34. The predicted molar refractivity (Wildman–Crippen MR) is 80.0 cm³/mol. The van der Waals surface area contributed by atoms with Crippen molar-refractivity contribution in [2.24, 2.45) is 5.41 Å². The van der Waals surface area contributed by atoms with Crippen LogP contribution in [0.25, 0.3) is 0 Å². The van der Waals surface area contributed by atoms with Gasteiger partial charge >= 0.3 is 0 Å². The van der Waals surface area contributed by atoms with Crippen LogP contribution in [0.1, 0.15) is 45.7 Å². The summed E-state index contributed by atoms with van der Waals surface area (Å²) >= 11 is 0. The monoisotopic (exact) mass is 265 g/mol. The number of methoxy groups -OCH3 is 2. The zero-order valence-electron chi connectivity index (χ0n) is 13.0. The number of hydrogen-bond donors (Lipinski definition) is 1. The second-order valence-electron chi connectivity index (χ2n) is 5.83. The van der Waals surface area contributed by atoms with E-state index in [1.165, 1.54) is 0 Å². The van der Waals surface area contributed by atoms with E-state index in [-0.39, 0.29) is 11.5 Å². The highest BCUT2D eigenvalue weighted by atomic mass is 16.5. The van der Waals surface area contributed by atoms with Gasteiger partial charge in [0.15, 0.2) is 0 Å². The molecule has 0 heterocycles. The maximum atomic E-state index is 5.52. The summed E-state index contributed by atoms with van der Waals surface area (Å²) in [6.07, 6.45) is 1.10. The van der Waals surface area contributed by atoms with E-state index in [1.54, 1.807) is 14.2 Å². The maximum absolute atomic E-state index is 5.52. The van der Waals surface area contributed by atoms with Gasteiger partial charge in [0.2, 0.25) is 0 Å². The van der Waals surface area contributed by atoms with E-state index >= 15 is 0 Å². The molecule has 1 N–H and O–H groups in total. The smallest absolute Gasteiger partial charge is 0.127 e. The minimum Gasteiger partial charge on any atom is -0.496 e. The van der Waals surface area contributed by atoms with Crippen LogP contribution >= 0.6 is 0 Å². The molecule has 0 aliphatic heterocycles. The minimum atomic E-state index is 0.0804. The van der Waals surface area contributed by atoms with Crippen LogP contribution in [0, 0.1) is 5.41 Å². The third-order valence-electron chi connectivity index (χ3n) is 3.22. The lowest BCUT2D eigenvalue weighted by molar-refractivity contribution is 0.256. The molecule has 0 aromatic heterocycles. The van der Waals surface area contributed by atoms with Crippen molar-refractivity contribution in [1.29, 1.82) is 0 Å². The van der Waals surface area contributed by atoms with Crippen molar-refractivity contribution >= 4 is 0 Å². The van der Waals surface area contributed by atoms with Crippen LogP contribution in [0.15, 0.2) is 18.2 Å². The van der Waals surface area contributed by atoms with Crippen molar-refractivity contribution in [3.63, 3.8) is 0 Å². The first kappa shape index (κ1) is 15.8. The molecule has 1 atom stereocenters. The van der Waals surface area contributed by atoms with Gasteiger partial charge in [0.05, 0.1) is 19.8 Å². The number of hydrogen-bond acceptors (Lipinski definition) is 3. The third kappa shape index (κ3) is 3.87. The molecule has 0 spiro atoms. The van der Waals surface area contributed by atoms with Crippen molar-refractivity contribution < 1.29 is 9.47 Å². The molecule has 0 saturated carbocycles. The fourth-order valence-electron chi connectivity index (χ4n) is 2.29. The van der Waals surface area contributed by atoms with E-state index in [1.807, 2.05) is 18.2 Å². The van der Waals surface area contributed by atoms with E-state index in [9.17, 15) is 0 Å². The van der Waals surface area contributed by atoms with Gasteiger partial charge in [-0.15, -0.1) is 0 Å². The Morgan fingerprint density at radius 3 is 2.00 bits per heavy atom. The average molecular weight is 265 g/mol. The summed E-state index contributed by atoms with van der Waals surface area (Å²) in [6, 6.07) is 6.13. The Morgan fingerprint density at radius 1 is 1.11 bits per heavy atom. The molecular weight excluding hydrogens is 238 g/mol. The van der Waals surface area contributed by atoms with Crippen LogP contribution < -0.4 is 14.8 Å². The van der Waals surface area contributed by atoms with Crippen LogP contribution in [0.4, 0.5) is 0 Å². The average Bonchev–Trinajstić information content (AvgIpc) is 2.37. The molecule has 108 valence electrons. The SMILES string of the molecule is CCCNC(c1c(OC)cccc1OC)C(C)(C)C. The van der Waals surface area contributed by atoms with E-state index in [0.717, 1.165) is 30.0 Å². The van der Waals surface area contributed by atoms with Gasteiger partial charge in [-0.3, -0.25) is 0 Å². The number of nitrogens with one attached hydrogen (secondary N) is 1. The fraction of sp³-hybridized carbons (Fsp3) is 0.625. The highest BCUT2D eigenvalue weighted by Gasteiger charge is 2.30. The molecule has 1 aromatic carbocycles. The van der Waals surface area contributed by atoms with Crippen LogP contribution in [-0.4, -0.2) is 20.8 Å². The molecule has 3 heteroatoms. The first-order valence-electron chi connectivity index (χ1n) is 6.90. The van der Waals surface area contributed by atoms with Crippen molar-refractivity contribution in [2.75, 3.05) is 20.8 Å². The van der Waals surface area contributed by atoms with E-state index in [2.05, 4.69) is 33.0 Å². The van der Waals surface area contributed by atoms with E-state index in [0.29, 0.717) is 0 Å². The van der Waals surface area contributed by atoms with E-state index in [4.69, 9.17) is 9.47 Å². The Bertz CT molecular complexity index is 374. The standard InChI is InChI=1S/C16H27NO2/c1-7-11-17-15(16(2,3)4)14-12(18-5)9-8-10-13(14)19-6/h8-10,15,17H,7,11H2,1-6H3. The summed E-state index contributed by atoms with van der Waals surface area (Å²) in [4.78, 5) is 0. The summed E-state index contributed by atoms with van der Waals surface area (Å²) in [7, 11) is 3.41. The number of ether oxygens (including phenoxy) is 2. The molecule has 1 aromatic rings. The van der Waals surface area contributed by atoms with E-state index < -0.39 is 0 Å².